The lowest BCUT2D eigenvalue weighted by molar-refractivity contribution is 0.0951. The highest BCUT2D eigenvalue weighted by Gasteiger charge is 2.13. The molecule has 2 N–H and O–H groups in total. The number of anilines is 1. The van der Waals surface area contributed by atoms with Crippen LogP contribution in [-0.2, 0) is 6.54 Å². The van der Waals surface area contributed by atoms with Crippen LogP contribution in [0.1, 0.15) is 26.3 Å². The molecule has 0 aliphatic heterocycles. The predicted octanol–water partition coefficient (Wildman–Crippen LogP) is 4.53. The van der Waals surface area contributed by atoms with E-state index in [1.807, 2.05) is 24.3 Å². The fraction of sp³-hybridized carbons (Fsp3) is 0.0909. The van der Waals surface area contributed by atoms with Gasteiger partial charge in [-0.1, -0.05) is 48.0 Å². The number of nitrogens with one attached hydrogen (secondary N) is 2. The summed E-state index contributed by atoms with van der Waals surface area (Å²) in [6.07, 6.45) is 0. The van der Waals surface area contributed by atoms with E-state index in [4.69, 9.17) is 16.3 Å². The number of rotatable bonds is 6. The van der Waals surface area contributed by atoms with E-state index >= 15 is 0 Å². The molecular formula is C22H19ClN2O3. The molecule has 0 radical (unpaired) electrons. The Kier molecular flexibility index (Phi) is 6.29. The fourth-order valence-corrected chi connectivity index (χ4v) is 2.87. The first-order chi connectivity index (χ1) is 13.6. The number of ether oxygens (including phenoxy) is 1. The molecule has 3 rings (SSSR count). The van der Waals surface area contributed by atoms with Crippen molar-refractivity contribution in [1.29, 1.82) is 0 Å². The van der Waals surface area contributed by atoms with Crippen LogP contribution in [0.15, 0.2) is 72.8 Å². The van der Waals surface area contributed by atoms with Crippen molar-refractivity contribution in [3.63, 3.8) is 0 Å². The number of hydrogen-bond acceptors (Lipinski definition) is 3. The van der Waals surface area contributed by atoms with E-state index in [1.54, 1.807) is 48.5 Å². The Hall–Kier alpha value is -3.31. The first-order valence-corrected chi connectivity index (χ1v) is 9.02. The highest BCUT2D eigenvalue weighted by molar-refractivity contribution is 6.31. The quantitative estimate of drug-likeness (QED) is 0.645. The third-order valence-corrected chi connectivity index (χ3v) is 4.51. The van der Waals surface area contributed by atoms with Crippen molar-refractivity contribution in [2.75, 3.05) is 12.4 Å². The fourth-order valence-electron chi connectivity index (χ4n) is 2.66. The minimum absolute atomic E-state index is 0.285. The molecule has 3 aromatic rings. The van der Waals surface area contributed by atoms with Crippen molar-refractivity contribution in [3.05, 3.63) is 94.5 Å². The highest BCUT2D eigenvalue weighted by atomic mass is 35.5. The van der Waals surface area contributed by atoms with E-state index < -0.39 is 0 Å². The monoisotopic (exact) mass is 394 g/mol. The van der Waals surface area contributed by atoms with Gasteiger partial charge in [-0.2, -0.15) is 0 Å². The Morgan fingerprint density at radius 3 is 2.32 bits per heavy atom. The summed E-state index contributed by atoms with van der Waals surface area (Å²) in [5.41, 5.74) is 2.14. The molecule has 0 aromatic heterocycles. The molecule has 5 nitrogen and oxygen atoms in total. The van der Waals surface area contributed by atoms with Crippen LogP contribution < -0.4 is 15.4 Å². The van der Waals surface area contributed by atoms with E-state index in [1.165, 1.54) is 7.11 Å². The summed E-state index contributed by atoms with van der Waals surface area (Å²) in [6, 6.07) is 20.9. The van der Waals surface area contributed by atoms with Gasteiger partial charge in [-0.25, -0.2) is 0 Å². The van der Waals surface area contributed by atoms with E-state index in [0.29, 0.717) is 34.1 Å². The molecule has 0 bridgehead atoms. The number of amides is 2. The standard InChI is InChI=1S/C22H19ClN2O3/c1-28-20-12-5-4-11-19(20)25-22(27)16-9-6-8-15(13-16)21(26)24-14-17-7-2-3-10-18(17)23/h2-13H,14H2,1H3,(H,24,26)(H,25,27). The minimum atomic E-state index is -0.328. The van der Waals surface area contributed by atoms with Crippen LogP contribution in [0.3, 0.4) is 0 Å². The molecule has 0 fully saturated rings. The van der Waals surface area contributed by atoms with Gasteiger partial charge in [-0.3, -0.25) is 9.59 Å². The molecule has 6 heteroatoms. The van der Waals surface area contributed by atoms with Crippen molar-refractivity contribution < 1.29 is 14.3 Å². The number of benzene rings is 3. The Morgan fingerprint density at radius 2 is 1.57 bits per heavy atom. The van der Waals surface area contributed by atoms with Crippen molar-refractivity contribution in [3.8, 4) is 5.75 Å². The van der Waals surface area contributed by atoms with Crippen LogP contribution >= 0.6 is 11.6 Å². The predicted molar refractivity (Wildman–Crippen MR) is 110 cm³/mol. The summed E-state index contributed by atoms with van der Waals surface area (Å²) in [5, 5.41) is 6.20. The number of hydrogen-bond donors (Lipinski definition) is 2. The molecule has 0 aliphatic carbocycles. The molecule has 0 atom stereocenters. The second-order valence-corrected chi connectivity index (χ2v) is 6.42. The van der Waals surface area contributed by atoms with Gasteiger partial charge in [0.05, 0.1) is 12.8 Å². The third kappa shape index (κ3) is 4.69. The molecule has 0 saturated heterocycles. The maximum Gasteiger partial charge on any atom is 0.255 e. The van der Waals surface area contributed by atoms with Crippen LogP contribution in [0.2, 0.25) is 5.02 Å². The zero-order chi connectivity index (χ0) is 19.9. The zero-order valence-electron chi connectivity index (χ0n) is 15.2. The first-order valence-electron chi connectivity index (χ1n) is 8.64. The Balaban J connectivity index is 1.70. The second kappa shape index (κ2) is 9.06. The van der Waals surface area contributed by atoms with E-state index in [9.17, 15) is 9.59 Å². The topological polar surface area (TPSA) is 67.4 Å². The Bertz CT molecular complexity index is 1000. The zero-order valence-corrected chi connectivity index (χ0v) is 16.0. The van der Waals surface area contributed by atoms with Gasteiger partial charge in [0, 0.05) is 22.7 Å². The van der Waals surface area contributed by atoms with Gasteiger partial charge in [0.1, 0.15) is 5.75 Å². The summed E-state index contributed by atoms with van der Waals surface area (Å²) in [7, 11) is 1.54. The van der Waals surface area contributed by atoms with Gasteiger partial charge < -0.3 is 15.4 Å². The van der Waals surface area contributed by atoms with Crippen LogP contribution in [0.5, 0.6) is 5.75 Å². The maximum atomic E-state index is 12.6. The van der Waals surface area contributed by atoms with Crippen molar-refractivity contribution in [2.45, 2.75) is 6.54 Å². The number of halogens is 1. The third-order valence-electron chi connectivity index (χ3n) is 4.14. The lowest BCUT2D eigenvalue weighted by atomic mass is 10.1. The summed E-state index contributed by atoms with van der Waals surface area (Å²) in [4.78, 5) is 25.0. The molecule has 142 valence electrons. The van der Waals surface area contributed by atoms with Gasteiger partial charge in [0.2, 0.25) is 0 Å². The van der Waals surface area contributed by atoms with Crippen LogP contribution in [0.25, 0.3) is 0 Å². The highest BCUT2D eigenvalue weighted by Crippen LogP contribution is 2.23. The van der Waals surface area contributed by atoms with E-state index in [-0.39, 0.29) is 11.8 Å². The van der Waals surface area contributed by atoms with Crippen LogP contribution in [-0.4, -0.2) is 18.9 Å². The van der Waals surface area contributed by atoms with E-state index in [2.05, 4.69) is 10.6 Å². The Morgan fingerprint density at radius 1 is 0.893 bits per heavy atom. The largest absolute Gasteiger partial charge is 0.495 e. The van der Waals surface area contributed by atoms with Crippen molar-refractivity contribution in [1.82, 2.24) is 5.32 Å². The average Bonchev–Trinajstić information content (AvgIpc) is 2.73. The maximum absolute atomic E-state index is 12.6. The molecule has 0 aliphatic rings. The lowest BCUT2D eigenvalue weighted by Crippen LogP contribution is -2.23. The van der Waals surface area contributed by atoms with Crippen LogP contribution in [0, 0.1) is 0 Å². The number of carbonyl (C=O) groups excluding carboxylic acids is 2. The molecular weight excluding hydrogens is 376 g/mol. The smallest absolute Gasteiger partial charge is 0.255 e. The summed E-state index contributed by atoms with van der Waals surface area (Å²) >= 11 is 6.11. The summed E-state index contributed by atoms with van der Waals surface area (Å²) in [5.74, 6) is -0.0541. The van der Waals surface area contributed by atoms with Gasteiger partial charge in [0.25, 0.3) is 11.8 Å². The van der Waals surface area contributed by atoms with Crippen molar-refractivity contribution in [2.24, 2.45) is 0 Å². The normalized spacial score (nSPS) is 10.2. The molecule has 0 heterocycles. The minimum Gasteiger partial charge on any atom is -0.495 e. The van der Waals surface area contributed by atoms with Crippen molar-refractivity contribution >= 4 is 29.1 Å². The molecule has 0 spiro atoms. The number of para-hydroxylation sites is 2. The van der Waals surface area contributed by atoms with Gasteiger partial charge in [-0.15, -0.1) is 0 Å². The Labute approximate surface area is 168 Å². The van der Waals surface area contributed by atoms with Gasteiger partial charge >= 0.3 is 0 Å². The molecule has 2 amide bonds. The second-order valence-electron chi connectivity index (χ2n) is 6.01. The van der Waals surface area contributed by atoms with Crippen LogP contribution in [0.4, 0.5) is 5.69 Å². The molecule has 0 saturated carbocycles. The lowest BCUT2D eigenvalue weighted by Gasteiger charge is -2.11. The van der Waals surface area contributed by atoms with E-state index in [0.717, 1.165) is 5.56 Å². The molecule has 0 unspecified atom stereocenters. The summed E-state index contributed by atoms with van der Waals surface area (Å²) < 4.78 is 5.24. The number of methoxy groups -OCH3 is 1. The molecule has 3 aromatic carbocycles. The first kappa shape index (κ1) is 19.5. The van der Waals surface area contributed by atoms with Gasteiger partial charge in [-0.05, 0) is 42.0 Å². The average molecular weight is 395 g/mol. The number of carbonyl (C=O) groups is 2. The summed E-state index contributed by atoms with van der Waals surface area (Å²) in [6.45, 7) is 0.302. The SMILES string of the molecule is COc1ccccc1NC(=O)c1cccc(C(=O)NCc2ccccc2Cl)c1. The molecule has 28 heavy (non-hydrogen) atoms. The van der Waals surface area contributed by atoms with Gasteiger partial charge in [0.15, 0.2) is 0 Å².